The van der Waals surface area contributed by atoms with E-state index in [1.54, 1.807) is 4.90 Å². The molecule has 1 aromatic rings. The van der Waals surface area contributed by atoms with Gasteiger partial charge < -0.3 is 10.2 Å². The highest BCUT2D eigenvalue weighted by Gasteiger charge is 2.33. The summed E-state index contributed by atoms with van der Waals surface area (Å²) in [5.41, 5.74) is -0.941. The Kier molecular flexibility index (Phi) is 4.53. The van der Waals surface area contributed by atoms with Gasteiger partial charge in [-0.15, -0.1) is 12.4 Å². The lowest BCUT2D eigenvalue weighted by atomic mass is 10.3. The number of anilines is 1. The van der Waals surface area contributed by atoms with Crippen LogP contribution in [0.1, 0.15) is 5.69 Å². The fourth-order valence-electron chi connectivity index (χ4n) is 1.54. The van der Waals surface area contributed by atoms with E-state index in [0.717, 1.165) is 19.3 Å². The molecule has 0 bridgehead atoms. The summed E-state index contributed by atoms with van der Waals surface area (Å²) in [5.74, 6) is 0.288. The molecule has 0 aromatic carbocycles. The minimum atomic E-state index is -4.43. The van der Waals surface area contributed by atoms with Crippen LogP contribution in [0.15, 0.2) is 12.4 Å². The van der Waals surface area contributed by atoms with Crippen LogP contribution in [0.3, 0.4) is 0 Å². The predicted octanol–water partition coefficient (Wildman–Crippen LogP) is 1.33. The monoisotopic (exact) mass is 268 g/mol. The number of piperazine rings is 1. The van der Waals surface area contributed by atoms with Gasteiger partial charge in [0.15, 0.2) is 5.69 Å². The molecular weight excluding hydrogens is 257 g/mol. The summed E-state index contributed by atoms with van der Waals surface area (Å²) >= 11 is 0. The van der Waals surface area contributed by atoms with Gasteiger partial charge in [-0.2, -0.15) is 13.2 Å². The Labute approximate surface area is 103 Å². The summed E-state index contributed by atoms with van der Waals surface area (Å²) in [4.78, 5) is 8.95. The first kappa shape index (κ1) is 14.0. The number of hydrogen-bond acceptors (Lipinski definition) is 4. The van der Waals surface area contributed by atoms with Crippen LogP contribution in [0.4, 0.5) is 19.0 Å². The molecule has 1 aliphatic rings. The van der Waals surface area contributed by atoms with Crippen molar-refractivity contribution in [2.75, 3.05) is 31.1 Å². The molecule has 0 amide bonds. The van der Waals surface area contributed by atoms with E-state index in [4.69, 9.17) is 0 Å². The molecule has 1 saturated heterocycles. The van der Waals surface area contributed by atoms with E-state index >= 15 is 0 Å². The van der Waals surface area contributed by atoms with Crippen LogP contribution in [-0.2, 0) is 6.18 Å². The quantitative estimate of drug-likeness (QED) is 0.834. The minimum Gasteiger partial charge on any atom is -0.353 e. The van der Waals surface area contributed by atoms with Crippen LogP contribution in [0, 0.1) is 0 Å². The van der Waals surface area contributed by atoms with Gasteiger partial charge in [0, 0.05) is 26.2 Å². The van der Waals surface area contributed by atoms with Crippen molar-refractivity contribution >= 4 is 18.2 Å². The highest BCUT2D eigenvalue weighted by molar-refractivity contribution is 5.85. The number of alkyl halides is 3. The number of nitrogens with zero attached hydrogens (tertiary/aromatic N) is 3. The largest absolute Gasteiger partial charge is 0.434 e. The van der Waals surface area contributed by atoms with E-state index in [-0.39, 0.29) is 18.2 Å². The number of halogens is 4. The van der Waals surface area contributed by atoms with Gasteiger partial charge >= 0.3 is 6.18 Å². The maximum absolute atomic E-state index is 12.4. The van der Waals surface area contributed by atoms with E-state index in [9.17, 15) is 13.2 Å². The molecule has 1 aliphatic heterocycles. The van der Waals surface area contributed by atoms with Gasteiger partial charge in [-0.05, 0) is 0 Å². The number of rotatable bonds is 1. The molecular formula is C9H12ClF3N4. The second-order valence-corrected chi connectivity index (χ2v) is 3.50. The number of nitrogens with one attached hydrogen (secondary N) is 1. The van der Waals surface area contributed by atoms with E-state index < -0.39 is 11.9 Å². The van der Waals surface area contributed by atoms with Gasteiger partial charge in [-0.1, -0.05) is 0 Å². The van der Waals surface area contributed by atoms with E-state index in [0.29, 0.717) is 13.1 Å². The third-order valence-electron chi connectivity index (χ3n) is 2.35. The maximum atomic E-state index is 12.4. The Bertz CT molecular complexity index is 366. The fraction of sp³-hybridized carbons (Fsp3) is 0.556. The Morgan fingerprint density at radius 1 is 1.18 bits per heavy atom. The number of aromatic nitrogens is 2. The van der Waals surface area contributed by atoms with Crippen molar-refractivity contribution in [3.63, 3.8) is 0 Å². The lowest BCUT2D eigenvalue weighted by molar-refractivity contribution is -0.141. The fourth-order valence-corrected chi connectivity index (χ4v) is 1.54. The first-order valence-electron chi connectivity index (χ1n) is 4.92. The molecule has 96 valence electrons. The lowest BCUT2D eigenvalue weighted by Crippen LogP contribution is -2.44. The first-order chi connectivity index (χ1) is 7.57. The van der Waals surface area contributed by atoms with Crippen LogP contribution in [0.25, 0.3) is 0 Å². The van der Waals surface area contributed by atoms with E-state index in [2.05, 4.69) is 15.3 Å². The standard InChI is InChI=1S/C9H11F3N4.ClH/c10-9(11,12)7-5-14-6-8(15-7)16-3-1-13-2-4-16;/h5-6,13H,1-4H2;1H. The predicted molar refractivity (Wildman–Crippen MR) is 59.4 cm³/mol. The van der Waals surface area contributed by atoms with Crippen LogP contribution < -0.4 is 10.2 Å². The van der Waals surface area contributed by atoms with Gasteiger partial charge in [-0.3, -0.25) is 4.98 Å². The maximum Gasteiger partial charge on any atom is 0.434 e. The molecule has 0 radical (unpaired) electrons. The molecule has 0 aliphatic carbocycles. The van der Waals surface area contributed by atoms with Gasteiger partial charge in [0.05, 0.1) is 12.4 Å². The summed E-state index contributed by atoms with van der Waals surface area (Å²) in [7, 11) is 0. The third-order valence-corrected chi connectivity index (χ3v) is 2.35. The summed E-state index contributed by atoms with van der Waals surface area (Å²) in [5, 5.41) is 3.12. The van der Waals surface area contributed by atoms with Gasteiger partial charge in [0.1, 0.15) is 5.82 Å². The minimum absolute atomic E-state index is 0. The second-order valence-electron chi connectivity index (χ2n) is 3.50. The van der Waals surface area contributed by atoms with Gasteiger partial charge in [-0.25, -0.2) is 4.98 Å². The van der Waals surface area contributed by atoms with Crippen LogP contribution in [-0.4, -0.2) is 36.1 Å². The zero-order valence-corrected chi connectivity index (χ0v) is 9.68. The highest BCUT2D eigenvalue weighted by atomic mass is 35.5. The highest BCUT2D eigenvalue weighted by Crippen LogP contribution is 2.28. The average molecular weight is 269 g/mol. The molecule has 0 atom stereocenters. The van der Waals surface area contributed by atoms with Crippen molar-refractivity contribution in [2.24, 2.45) is 0 Å². The first-order valence-corrected chi connectivity index (χ1v) is 4.92. The molecule has 4 nitrogen and oxygen atoms in total. The van der Waals surface area contributed by atoms with Crippen molar-refractivity contribution in [2.45, 2.75) is 6.18 Å². The smallest absolute Gasteiger partial charge is 0.353 e. The van der Waals surface area contributed by atoms with Crippen molar-refractivity contribution in [1.82, 2.24) is 15.3 Å². The summed E-state index contributed by atoms with van der Waals surface area (Å²) < 4.78 is 37.2. The van der Waals surface area contributed by atoms with Crippen molar-refractivity contribution in [3.8, 4) is 0 Å². The molecule has 1 aromatic heterocycles. The number of hydrogen-bond donors (Lipinski definition) is 1. The second kappa shape index (κ2) is 5.50. The topological polar surface area (TPSA) is 41.1 Å². The molecule has 0 spiro atoms. The van der Waals surface area contributed by atoms with E-state index in [1.807, 2.05) is 0 Å². The molecule has 2 rings (SSSR count). The lowest BCUT2D eigenvalue weighted by Gasteiger charge is -2.28. The van der Waals surface area contributed by atoms with Gasteiger partial charge in [0.25, 0.3) is 0 Å². The molecule has 17 heavy (non-hydrogen) atoms. The Balaban J connectivity index is 0.00000144. The Morgan fingerprint density at radius 3 is 2.41 bits per heavy atom. The zero-order chi connectivity index (χ0) is 11.6. The normalized spacial score (nSPS) is 16.5. The van der Waals surface area contributed by atoms with Crippen molar-refractivity contribution in [1.29, 1.82) is 0 Å². The zero-order valence-electron chi connectivity index (χ0n) is 8.87. The molecule has 8 heteroatoms. The van der Waals surface area contributed by atoms with Crippen LogP contribution in [0.2, 0.25) is 0 Å². The SMILES string of the molecule is Cl.FC(F)(F)c1cncc(N2CCNCC2)n1. The summed E-state index contributed by atoms with van der Waals surface area (Å²) in [6.45, 7) is 2.79. The third kappa shape index (κ3) is 3.44. The summed E-state index contributed by atoms with van der Waals surface area (Å²) in [6, 6.07) is 0. The molecule has 1 fully saturated rings. The summed E-state index contributed by atoms with van der Waals surface area (Å²) in [6.07, 6.45) is -2.33. The average Bonchev–Trinajstić information content (AvgIpc) is 2.29. The molecule has 2 heterocycles. The van der Waals surface area contributed by atoms with Crippen LogP contribution >= 0.6 is 12.4 Å². The molecule has 0 saturated carbocycles. The van der Waals surface area contributed by atoms with E-state index in [1.165, 1.54) is 6.20 Å². The van der Waals surface area contributed by atoms with Crippen molar-refractivity contribution < 1.29 is 13.2 Å². The van der Waals surface area contributed by atoms with Crippen LogP contribution in [0.5, 0.6) is 0 Å². The van der Waals surface area contributed by atoms with Crippen molar-refractivity contribution in [3.05, 3.63) is 18.1 Å². The molecule has 0 unspecified atom stereocenters. The Hall–Kier alpha value is -1.08. The Morgan fingerprint density at radius 2 is 1.82 bits per heavy atom. The molecule has 1 N–H and O–H groups in total. The van der Waals surface area contributed by atoms with Gasteiger partial charge in [0.2, 0.25) is 0 Å².